The minimum atomic E-state index is -0.574. The van der Waals surface area contributed by atoms with Crippen LogP contribution in [-0.4, -0.2) is 23.5 Å². The Morgan fingerprint density at radius 3 is 2.71 bits per heavy atom. The standard InChI is InChI=1S/C12H17FN2O2/c1-8(2)9(3)15-12(16)7-17-10-4-5-11(13)14-6-10/h4-6,8-9H,7H2,1-3H3,(H,15,16). The van der Waals surface area contributed by atoms with Crippen molar-refractivity contribution in [3.63, 3.8) is 0 Å². The first-order valence-electron chi connectivity index (χ1n) is 5.52. The number of pyridine rings is 1. The minimum absolute atomic E-state index is 0.0929. The zero-order chi connectivity index (χ0) is 12.8. The Kier molecular flexibility index (Phi) is 4.87. The first kappa shape index (κ1) is 13.4. The number of halogens is 1. The van der Waals surface area contributed by atoms with E-state index in [9.17, 15) is 9.18 Å². The van der Waals surface area contributed by atoms with E-state index in [0.717, 1.165) is 0 Å². The molecule has 0 aliphatic heterocycles. The first-order chi connectivity index (χ1) is 7.99. The molecule has 1 amide bonds. The summed E-state index contributed by atoms with van der Waals surface area (Å²) in [6, 6.07) is 2.71. The predicted molar refractivity (Wildman–Crippen MR) is 62.1 cm³/mol. The molecule has 0 saturated carbocycles. The van der Waals surface area contributed by atoms with Gasteiger partial charge in [-0.3, -0.25) is 4.79 Å². The second kappa shape index (κ2) is 6.18. The third kappa shape index (κ3) is 4.80. The average Bonchev–Trinajstić information content (AvgIpc) is 2.28. The van der Waals surface area contributed by atoms with E-state index < -0.39 is 5.95 Å². The van der Waals surface area contributed by atoms with Crippen LogP contribution in [0.5, 0.6) is 5.75 Å². The van der Waals surface area contributed by atoms with Crippen LogP contribution in [-0.2, 0) is 4.79 Å². The van der Waals surface area contributed by atoms with Gasteiger partial charge in [0.25, 0.3) is 5.91 Å². The second-order valence-corrected chi connectivity index (χ2v) is 4.21. The van der Waals surface area contributed by atoms with Crippen molar-refractivity contribution in [1.82, 2.24) is 10.3 Å². The van der Waals surface area contributed by atoms with E-state index in [1.807, 2.05) is 20.8 Å². The van der Waals surface area contributed by atoms with Crippen molar-refractivity contribution in [1.29, 1.82) is 0 Å². The number of carbonyl (C=O) groups is 1. The van der Waals surface area contributed by atoms with Crippen LogP contribution in [0.3, 0.4) is 0 Å². The smallest absolute Gasteiger partial charge is 0.258 e. The Labute approximate surface area is 100 Å². The maximum atomic E-state index is 12.5. The third-order valence-electron chi connectivity index (χ3n) is 2.46. The SMILES string of the molecule is CC(C)C(C)NC(=O)COc1ccc(F)nc1. The van der Waals surface area contributed by atoms with E-state index in [4.69, 9.17) is 4.74 Å². The highest BCUT2D eigenvalue weighted by atomic mass is 19.1. The van der Waals surface area contributed by atoms with Gasteiger partial charge in [0.15, 0.2) is 6.61 Å². The minimum Gasteiger partial charge on any atom is -0.482 e. The predicted octanol–water partition coefficient (Wildman–Crippen LogP) is 1.76. The third-order valence-corrected chi connectivity index (χ3v) is 2.46. The number of nitrogens with one attached hydrogen (secondary N) is 1. The largest absolute Gasteiger partial charge is 0.482 e. The van der Waals surface area contributed by atoms with Gasteiger partial charge in [0.2, 0.25) is 5.95 Å². The lowest BCUT2D eigenvalue weighted by Gasteiger charge is -2.17. The first-order valence-corrected chi connectivity index (χ1v) is 5.52. The van der Waals surface area contributed by atoms with Crippen LogP contribution in [0.15, 0.2) is 18.3 Å². The summed E-state index contributed by atoms with van der Waals surface area (Å²) in [7, 11) is 0. The van der Waals surface area contributed by atoms with Crippen molar-refractivity contribution in [2.45, 2.75) is 26.8 Å². The number of carbonyl (C=O) groups excluding carboxylic acids is 1. The average molecular weight is 240 g/mol. The lowest BCUT2D eigenvalue weighted by atomic mass is 10.1. The Morgan fingerprint density at radius 2 is 2.18 bits per heavy atom. The lowest BCUT2D eigenvalue weighted by molar-refractivity contribution is -0.124. The fourth-order valence-electron chi connectivity index (χ4n) is 1.06. The molecule has 0 aromatic carbocycles. The maximum Gasteiger partial charge on any atom is 0.258 e. The fraction of sp³-hybridized carbons (Fsp3) is 0.500. The molecule has 94 valence electrons. The van der Waals surface area contributed by atoms with Crippen molar-refractivity contribution in [2.75, 3.05) is 6.61 Å². The summed E-state index contributed by atoms with van der Waals surface area (Å²) in [5.41, 5.74) is 0. The lowest BCUT2D eigenvalue weighted by Crippen LogP contribution is -2.38. The molecule has 1 rings (SSSR count). The molecular formula is C12H17FN2O2. The van der Waals surface area contributed by atoms with Gasteiger partial charge in [-0.1, -0.05) is 13.8 Å². The number of hydrogen-bond donors (Lipinski definition) is 1. The van der Waals surface area contributed by atoms with Crippen LogP contribution in [0.2, 0.25) is 0 Å². The number of rotatable bonds is 5. The van der Waals surface area contributed by atoms with E-state index in [2.05, 4.69) is 10.3 Å². The van der Waals surface area contributed by atoms with Crippen LogP contribution in [0.25, 0.3) is 0 Å². The molecular weight excluding hydrogens is 223 g/mol. The van der Waals surface area contributed by atoms with Crippen LogP contribution in [0.4, 0.5) is 4.39 Å². The summed E-state index contributed by atoms with van der Waals surface area (Å²) in [6.45, 7) is 5.89. The maximum absolute atomic E-state index is 12.5. The van der Waals surface area contributed by atoms with E-state index in [1.165, 1.54) is 18.3 Å². The molecule has 0 aliphatic rings. The van der Waals surface area contributed by atoms with Crippen molar-refractivity contribution in [2.24, 2.45) is 5.92 Å². The van der Waals surface area contributed by atoms with Gasteiger partial charge in [0.05, 0.1) is 6.20 Å². The number of hydrogen-bond acceptors (Lipinski definition) is 3. The van der Waals surface area contributed by atoms with Crippen molar-refractivity contribution < 1.29 is 13.9 Å². The van der Waals surface area contributed by atoms with E-state index in [0.29, 0.717) is 11.7 Å². The quantitative estimate of drug-likeness (QED) is 0.798. The molecule has 0 fully saturated rings. The Bertz CT molecular complexity index is 365. The normalized spacial score (nSPS) is 12.3. The summed E-state index contributed by atoms with van der Waals surface area (Å²) in [4.78, 5) is 14.9. The highest BCUT2D eigenvalue weighted by Crippen LogP contribution is 2.08. The molecule has 5 heteroatoms. The molecule has 0 bridgehead atoms. The van der Waals surface area contributed by atoms with Crippen LogP contribution in [0, 0.1) is 11.9 Å². The molecule has 0 radical (unpaired) electrons. The number of amides is 1. The fourth-order valence-corrected chi connectivity index (χ4v) is 1.06. The topological polar surface area (TPSA) is 51.2 Å². The van der Waals surface area contributed by atoms with Crippen molar-refractivity contribution in [3.05, 3.63) is 24.3 Å². The highest BCUT2D eigenvalue weighted by molar-refractivity contribution is 5.77. The molecule has 1 aromatic rings. The molecule has 4 nitrogen and oxygen atoms in total. The molecule has 0 aliphatic carbocycles. The van der Waals surface area contributed by atoms with Gasteiger partial charge >= 0.3 is 0 Å². The van der Waals surface area contributed by atoms with Gasteiger partial charge in [-0.15, -0.1) is 0 Å². The monoisotopic (exact) mass is 240 g/mol. The molecule has 1 atom stereocenters. The van der Waals surface area contributed by atoms with Crippen molar-refractivity contribution in [3.8, 4) is 5.75 Å². The molecule has 1 unspecified atom stereocenters. The highest BCUT2D eigenvalue weighted by Gasteiger charge is 2.11. The van der Waals surface area contributed by atoms with Crippen LogP contribution < -0.4 is 10.1 Å². The Balaban J connectivity index is 2.35. The van der Waals surface area contributed by atoms with E-state index >= 15 is 0 Å². The summed E-state index contributed by atoms with van der Waals surface area (Å²) in [5.74, 6) is -0.0315. The van der Waals surface area contributed by atoms with Gasteiger partial charge in [0.1, 0.15) is 5.75 Å². The summed E-state index contributed by atoms with van der Waals surface area (Å²) in [5, 5.41) is 2.80. The van der Waals surface area contributed by atoms with Crippen molar-refractivity contribution >= 4 is 5.91 Å². The van der Waals surface area contributed by atoms with E-state index in [1.54, 1.807) is 0 Å². The van der Waals surface area contributed by atoms with Crippen LogP contribution >= 0.6 is 0 Å². The molecule has 1 heterocycles. The van der Waals surface area contributed by atoms with Gasteiger partial charge in [-0.05, 0) is 25.0 Å². The summed E-state index contributed by atoms with van der Waals surface area (Å²) >= 11 is 0. The molecule has 1 aromatic heterocycles. The zero-order valence-corrected chi connectivity index (χ0v) is 10.2. The van der Waals surface area contributed by atoms with Gasteiger partial charge in [0, 0.05) is 6.04 Å². The summed E-state index contributed by atoms with van der Waals surface area (Å²) in [6.07, 6.45) is 1.24. The second-order valence-electron chi connectivity index (χ2n) is 4.21. The van der Waals surface area contributed by atoms with Crippen LogP contribution in [0.1, 0.15) is 20.8 Å². The van der Waals surface area contributed by atoms with Gasteiger partial charge in [-0.25, -0.2) is 4.98 Å². The zero-order valence-electron chi connectivity index (χ0n) is 10.2. The number of nitrogens with zero attached hydrogens (tertiary/aromatic N) is 1. The van der Waals surface area contributed by atoms with Gasteiger partial charge < -0.3 is 10.1 Å². The molecule has 1 N–H and O–H groups in total. The Hall–Kier alpha value is -1.65. The molecule has 0 saturated heterocycles. The molecule has 17 heavy (non-hydrogen) atoms. The summed E-state index contributed by atoms with van der Waals surface area (Å²) < 4.78 is 17.7. The van der Waals surface area contributed by atoms with E-state index in [-0.39, 0.29) is 18.6 Å². The number of ether oxygens (including phenoxy) is 1. The molecule has 0 spiro atoms. The van der Waals surface area contributed by atoms with Gasteiger partial charge in [-0.2, -0.15) is 4.39 Å². The number of aromatic nitrogens is 1. The Morgan fingerprint density at radius 1 is 1.47 bits per heavy atom.